The molecule has 1 aliphatic carbocycles. The minimum Gasteiger partial charge on any atom is -0.325 e. The fourth-order valence-electron chi connectivity index (χ4n) is 2.76. The van der Waals surface area contributed by atoms with E-state index in [9.17, 15) is 9.18 Å². The van der Waals surface area contributed by atoms with E-state index in [1.54, 1.807) is 12.1 Å². The molecule has 21 heavy (non-hydrogen) atoms. The van der Waals surface area contributed by atoms with Crippen LogP contribution in [-0.2, 0) is 10.2 Å². The van der Waals surface area contributed by atoms with Crippen molar-refractivity contribution in [3.63, 3.8) is 0 Å². The highest BCUT2D eigenvalue weighted by Gasteiger charge is 2.45. The molecule has 0 aliphatic heterocycles. The first-order chi connectivity index (χ1) is 10.1. The largest absolute Gasteiger partial charge is 0.325 e. The zero-order valence-corrected chi connectivity index (χ0v) is 13.0. The lowest BCUT2D eigenvalue weighted by Crippen LogP contribution is -2.46. The molecule has 108 valence electrons. The van der Waals surface area contributed by atoms with Crippen molar-refractivity contribution in [2.75, 3.05) is 5.32 Å². The Kier molecular flexibility index (Phi) is 3.81. The minimum atomic E-state index is -0.518. The first-order valence-electron chi connectivity index (χ1n) is 6.93. The predicted molar refractivity (Wildman–Crippen MR) is 84.7 cm³/mol. The number of carbonyl (C=O) groups excluding carboxylic acids is 1. The number of hydrogen-bond acceptors (Lipinski definition) is 1. The normalized spacial score (nSPS) is 16.1. The van der Waals surface area contributed by atoms with E-state index >= 15 is 0 Å². The Morgan fingerprint density at radius 1 is 1.14 bits per heavy atom. The van der Waals surface area contributed by atoms with Crippen molar-refractivity contribution < 1.29 is 9.18 Å². The summed E-state index contributed by atoms with van der Waals surface area (Å²) in [7, 11) is 0. The number of amides is 1. The van der Waals surface area contributed by atoms with Gasteiger partial charge in [-0.2, -0.15) is 0 Å². The van der Waals surface area contributed by atoms with Crippen LogP contribution < -0.4 is 5.32 Å². The molecule has 1 aliphatic rings. The fraction of sp³-hybridized carbons (Fsp3) is 0.235. The third kappa shape index (κ3) is 2.72. The van der Waals surface area contributed by atoms with E-state index in [1.165, 1.54) is 12.1 Å². The van der Waals surface area contributed by atoms with Gasteiger partial charge >= 0.3 is 0 Å². The summed E-state index contributed by atoms with van der Waals surface area (Å²) in [6.07, 6.45) is 2.63. The maximum atomic E-state index is 13.1. The molecule has 1 N–H and O–H groups in total. The van der Waals surface area contributed by atoms with Crippen LogP contribution in [0.2, 0.25) is 0 Å². The number of rotatable bonds is 3. The Hall–Kier alpha value is -1.68. The Balaban J connectivity index is 1.85. The van der Waals surface area contributed by atoms with Gasteiger partial charge in [0, 0.05) is 10.2 Å². The molecular weight excluding hydrogens is 333 g/mol. The van der Waals surface area contributed by atoms with E-state index in [1.807, 2.05) is 24.3 Å². The minimum absolute atomic E-state index is 0.0153. The maximum absolute atomic E-state index is 13.1. The molecule has 1 amide bonds. The Bertz CT molecular complexity index is 665. The van der Waals surface area contributed by atoms with Gasteiger partial charge in [0.1, 0.15) is 5.82 Å². The lowest BCUT2D eigenvalue weighted by atomic mass is 9.64. The van der Waals surface area contributed by atoms with E-state index in [0.29, 0.717) is 0 Å². The molecule has 0 atom stereocenters. The molecule has 0 heterocycles. The molecule has 0 saturated heterocycles. The SMILES string of the molecule is O=C(Nc1cccc(Br)c1)C1(c2ccc(F)cc2)CCC1. The molecule has 3 rings (SSSR count). The Morgan fingerprint density at radius 3 is 2.43 bits per heavy atom. The smallest absolute Gasteiger partial charge is 0.235 e. The molecule has 2 nitrogen and oxygen atoms in total. The molecule has 0 spiro atoms. The molecule has 0 unspecified atom stereocenters. The average molecular weight is 348 g/mol. The monoisotopic (exact) mass is 347 g/mol. The fourth-order valence-corrected chi connectivity index (χ4v) is 3.16. The van der Waals surface area contributed by atoms with Gasteiger partial charge in [0.2, 0.25) is 5.91 Å². The lowest BCUT2D eigenvalue weighted by molar-refractivity contribution is -0.124. The standard InChI is InChI=1S/C17H15BrFNO/c18-13-3-1-4-15(11-13)20-16(21)17(9-2-10-17)12-5-7-14(19)8-6-12/h1,3-8,11H,2,9-10H2,(H,20,21). The van der Waals surface area contributed by atoms with Crippen molar-refractivity contribution in [2.24, 2.45) is 0 Å². The van der Waals surface area contributed by atoms with Crippen molar-refractivity contribution in [1.82, 2.24) is 0 Å². The van der Waals surface area contributed by atoms with Crippen molar-refractivity contribution in [1.29, 1.82) is 0 Å². The summed E-state index contributed by atoms with van der Waals surface area (Å²) in [4.78, 5) is 12.7. The second-order valence-electron chi connectivity index (χ2n) is 5.41. The third-order valence-electron chi connectivity index (χ3n) is 4.12. The summed E-state index contributed by atoms with van der Waals surface area (Å²) < 4.78 is 14.0. The van der Waals surface area contributed by atoms with Gasteiger partial charge in [-0.05, 0) is 48.7 Å². The molecule has 2 aromatic carbocycles. The van der Waals surface area contributed by atoms with Gasteiger partial charge < -0.3 is 5.32 Å². The van der Waals surface area contributed by atoms with Crippen LogP contribution in [0.1, 0.15) is 24.8 Å². The first-order valence-corrected chi connectivity index (χ1v) is 7.72. The van der Waals surface area contributed by atoms with E-state index in [4.69, 9.17) is 0 Å². The van der Waals surface area contributed by atoms with Crippen LogP contribution in [-0.4, -0.2) is 5.91 Å². The predicted octanol–water partition coefficient (Wildman–Crippen LogP) is 4.65. The van der Waals surface area contributed by atoms with E-state index in [-0.39, 0.29) is 11.7 Å². The molecule has 1 saturated carbocycles. The topological polar surface area (TPSA) is 29.1 Å². The molecule has 1 fully saturated rings. The summed E-state index contributed by atoms with van der Waals surface area (Å²) in [5, 5.41) is 2.98. The van der Waals surface area contributed by atoms with Crippen molar-refractivity contribution >= 4 is 27.5 Å². The van der Waals surface area contributed by atoms with E-state index < -0.39 is 5.41 Å². The zero-order valence-electron chi connectivity index (χ0n) is 11.4. The summed E-state index contributed by atoms with van der Waals surface area (Å²) >= 11 is 3.39. The quantitative estimate of drug-likeness (QED) is 0.860. The van der Waals surface area contributed by atoms with Gasteiger partial charge in [-0.25, -0.2) is 4.39 Å². The summed E-state index contributed by atoms with van der Waals surface area (Å²) in [5.74, 6) is -0.293. The molecule has 4 heteroatoms. The van der Waals surface area contributed by atoms with E-state index in [0.717, 1.165) is 35.0 Å². The van der Waals surface area contributed by atoms with Crippen LogP contribution in [0.15, 0.2) is 53.0 Å². The van der Waals surface area contributed by atoms with Crippen LogP contribution in [0.25, 0.3) is 0 Å². The lowest BCUT2D eigenvalue weighted by Gasteiger charge is -2.40. The molecule has 0 aromatic heterocycles. The number of halogens is 2. The highest BCUT2D eigenvalue weighted by Crippen LogP contribution is 2.44. The van der Waals surface area contributed by atoms with Crippen molar-refractivity contribution in [3.8, 4) is 0 Å². The molecular formula is C17H15BrFNO. The van der Waals surface area contributed by atoms with E-state index in [2.05, 4.69) is 21.2 Å². The second-order valence-corrected chi connectivity index (χ2v) is 6.32. The Morgan fingerprint density at radius 2 is 1.86 bits per heavy atom. The molecule has 0 radical (unpaired) electrons. The number of hydrogen-bond donors (Lipinski definition) is 1. The number of benzene rings is 2. The Labute approximate surface area is 131 Å². The summed E-state index contributed by atoms with van der Waals surface area (Å²) in [6.45, 7) is 0. The van der Waals surface area contributed by atoms with Crippen LogP contribution in [0.3, 0.4) is 0 Å². The van der Waals surface area contributed by atoms with Crippen LogP contribution in [0.5, 0.6) is 0 Å². The van der Waals surface area contributed by atoms with Crippen molar-refractivity contribution in [2.45, 2.75) is 24.7 Å². The van der Waals surface area contributed by atoms with Crippen LogP contribution >= 0.6 is 15.9 Å². The summed E-state index contributed by atoms with van der Waals surface area (Å²) in [6, 6.07) is 13.8. The van der Waals surface area contributed by atoms with Crippen LogP contribution in [0.4, 0.5) is 10.1 Å². The van der Waals surface area contributed by atoms with Crippen LogP contribution in [0, 0.1) is 5.82 Å². The number of anilines is 1. The molecule has 2 aromatic rings. The highest BCUT2D eigenvalue weighted by atomic mass is 79.9. The van der Waals surface area contributed by atoms with Gasteiger partial charge in [0.15, 0.2) is 0 Å². The summed E-state index contributed by atoms with van der Waals surface area (Å²) in [5.41, 5.74) is 1.14. The number of nitrogens with one attached hydrogen (secondary N) is 1. The average Bonchev–Trinajstić information content (AvgIpc) is 2.39. The first kappa shape index (κ1) is 14.3. The maximum Gasteiger partial charge on any atom is 0.235 e. The van der Waals surface area contributed by atoms with Gasteiger partial charge in [-0.3, -0.25) is 4.79 Å². The zero-order chi connectivity index (χ0) is 14.9. The highest BCUT2D eigenvalue weighted by molar-refractivity contribution is 9.10. The number of carbonyl (C=O) groups is 1. The third-order valence-corrected chi connectivity index (χ3v) is 4.61. The molecule has 0 bridgehead atoms. The second kappa shape index (κ2) is 5.60. The van der Waals surface area contributed by atoms with Gasteiger partial charge in [0.25, 0.3) is 0 Å². The van der Waals surface area contributed by atoms with Crippen molar-refractivity contribution in [3.05, 3.63) is 64.4 Å². The van der Waals surface area contributed by atoms with Gasteiger partial charge in [-0.15, -0.1) is 0 Å². The van der Waals surface area contributed by atoms with Gasteiger partial charge in [-0.1, -0.05) is 40.5 Å². The van der Waals surface area contributed by atoms with Gasteiger partial charge in [0.05, 0.1) is 5.41 Å².